The maximum Gasteiger partial charge on any atom is 0.236 e. The fourth-order valence-corrected chi connectivity index (χ4v) is 4.05. The van der Waals surface area contributed by atoms with Crippen LogP contribution in [0.4, 0.5) is 0 Å². The van der Waals surface area contributed by atoms with Crippen molar-refractivity contribution in [2.75, 3.05) is 40.3 Å². The molecule has 7 heteroatoms. The molecule has 2 aliphatic rings. The maximum atomic E-state index is 12.7. The van der Waals surface area contributed by atoms with E-state index in [1.165, 1.54) is 5.56 Å². The minimum atomic E-state index is 0.218. The molecule has 0 N–H and O–H groups in total. The van der Waals surface area contributed by atoms with Crippen molar-refractivity contribution in [3.8, 4) is 5.69 Å². The van der Waals surface area contributed by atoms with Gasteiger partial charge in [-0.2, -0.15) is 5.10 Å². The van der Waals surface area contributed by atoms with Gasteiger partial charge >= 0.3 is 0 Å². The second-order valence-electron chi connectivity index (χ2n) is 7.87. The Hall–Kier alpha value is -2.25. The van der Waals surface area contributed by atoms with E-state index in [1.807, 2.05) is 41.9 Å². The first-order valence-corrected chi connectivity index (χ1v) is 9.66. The van der Waals surface area contributed by atoms with E-state index in [9.17, 15) is 4.79 Å². The molecule has 2 aliphatic heterocycles. The first-order chi connectivity index (χ1) is 13.0. The van der Waals surface area contributed by atoms with Crippen LogP contribution >= 0.6 is 0 Å². The number of rotatable bonds is 4. The highest BCUT2D eigenvalue weighted by atomic mass is 16.2. The summed E-state index contributed by atoms with van der Waals surface area (Å²) >= 11 is 0. The number of hydrogen-bond donors (Lipinski definition) is 0. The van der Waals surface area contributed by atoms with Crippen molar-refractivity contribution in [2.45, 2.75) is 32.4 Å². The summed E-state index contributed by atoms with van der Waals surface area (Å²) < 4.78 is 1.94. The number of amides is 1. The van der Waals surface area contributed by atoms with Crippen LogP contribution < -0.4 is 0 Å². The fourth-order valence-electron chi connectivity index (χ4n) is 4.05. The SMILES string of the molecule is Cc1cc(-n2cc3c(n2)CCN(CC(=O)N(C)C2CCN(C)C2)C3)ccn1. The van der Waals surface area contributed by atoms with Gasteiger partial charge < -0.3 is 9.80 Å². The molecule has 2 aromatic rings. The number of fused-ring (bicyclic) bond motifs is 1. The summed E-state index contributed by atoms with van der Waals surface area (Å²) in [4.78, 5) is 23.4. The molecule has 1 unspecified atom stereocenters. The average Bonchev–Trinajstić information content (AvgIpc) is 3.27. The van der Waals surface area contributed by atoms with E-state index in [2.05, 4.69) is 28.0 Å². The summed E-state index contributed by atoms with van der Waals surface area (Å²) in [5, 5.41) is 4.74. The molecule has 1 fully saturated rings. The third-order valence-corrected chi connectivity index (χ3v) is 5.75. The molecule has 4 heterocycles. The minimum Gasteiger partial charge on any atom is -0.340 e. The van der Waals surface area contributed by atoms with Gasteiger partial charge in [-0.3, -0.25) is 14.7 Å². The number of carbonyl (C=O) groups excluding carboxylic acids is 1. The highest BCUT2D eigenvalue weighted by molar-refractivity contribution is 5.78. The monoisotopic (exact) mass is 368 g/mol. The lowest BCUT2D eigenvalue weighted by Gasteiger charge is -2.30. The van der Waals surface area contributed by atoms with E-state index in [0.717, 1.165) is 56.1 Å². The van der Waals surface area contributed by atoms with Crippen molar-refractivity contribution in [3.05, 3.63) is 41.5 Å². The number of pyridine rings is 1. The van der Waals surface area contributed by atoms with Gasteiger partial charge in [0.2, 0.25) is 5.91 Å². The average molecular weight is 368 g/mol. The topological polar surface area (TPSA) is 57.5 Å². The minimum absolute atomic E-state index is 0.218. The second-order valence-corrected chi connectivity index (χ2v) is 7.87. The lowest BCUT2D eigenvalue weighted by atomic mass is 10.1. The van der Waals surface area contributed by atoms with E-state index in [-0.39, 0.29) is 5.91 Å². The summed E-state index contributed by atoms with van der Waals surface area (Å²) in [6.07, 6.45) is 5.86. The Labute approximate surface area is 160 Å². The number of aryl methyl sites for hydroxylation is 1. The van der Waals surface area contributed by atoms with E-state index >= 15 is 0 Å². The summed E-state index contributed by atoms with van der Waals surface area (Å²) in [6.45, 7) is 6.18. The van der Waals surface area contributed by atoms with Crippen molar-refractivity contribution in [3.63, 3.8) is 0 Å². The van der Waals surface area contributed by atoms with Crippen LogP contribution in [0.2, 0.25) is 0 Å². The van der Waals surface area contributed by atoms with Crippen LogP contribution in [0.1, 0.15) is 23.4 Å². The first-order valence-electron chi connectivity index (χ1n) is 9.66. The van der Waals surface area contributed by atoms with E-state index < -0.39 is 0 Å². The Morgan fingerprint density at radius 2 is 2.22 bits per heavy atom. The number of carbonyl (C=O) groups is 1. The van der Waals surface area contributed by atoms with Gasteiger partial charge in [0.05, 0.1) is 17.9 Å². The fraction of sp³-hybridized carbons (Fsp3) is 0.550. The van der Waals surface area contributed by atoms with Crippen molar-refractivity contribution < 1.29 is 4.79 Å². The zero-order chi connectivity index (χ0) is 19.0. The first kappa shape index (κ1) is 18.1. The van der Waals surface area contributed by atoms with Gasteiger partial charge in [0, 0.05) is 62.8 Å². The highest BCUT2D eigenvalue weighted by Crippen LogP contribution is 2.20. The van der Waals surface area contributed by atoms with Crippen LogP contribution in [0.3, 0.4) is 0 Å². The van der Waals surface area contributed by atoms with Crippen molar-refractivity contribution in [1.82, 2.24) is 29.5 Å². The number of likely N-dealkylation sites (tertiary alicyclic amines) is 1. The molecule has 2 aromatic heterocycles. The molecule has 0 radical (unpaired) electrons. The predicted octanol–water partition coefficient (Wildman–Crippen LogP) is 1.10. The molecule has 1 saturated heterocycles. The molecule has 1 amide bonds. The van der Waals surface area contributed by atoms with Crippen LogP contribution in [0, 0.1) is 6.92 Å². The van der Waals surface area contributed by atoms with Gasteiger partial charge in [-0.05, 0) is 39.1 Å². The Morgan fingerprint density at radius 3 is 2.96 bits per heavy atom. The molecule has 1 atom stereocenters. The Morgan fingerprint density at radius 1 is 1.37 bits per heavy atom. The van der Waals surface area contributed by atoms with E-state index in [0.29, 0.717) is 12.6 Å². The zero-order valence-corrected chi connectivity index (χ0v) is 16.4. The Balaban J connectivity index is 1.40. The molecule has 0 bridgehead atoms. The van der Waals surface area contributed by atoms with E-state index in [1.54, 1.807) is 0 Å². The highest BCUT2D eigenvalue weighted by Gasteiger charge is 2.28. The van der Waals surface area contributed by atoms with Crippen molar-refractivity contribution in [1.29, 1.82) is 0 Å². The molecular weight excluding hydrogens is 340 g/mol. The molecule has 0 aliphatic carbocycles. The summed E-state index contributed by atoms with van der Waals surface area (Å²) in [7, 11) is 4.07. The molecule has 7 nitrogen and oxygen atoms in total. The number of nitrogens with zero attached hydrogens (tertiary/aromatic N) is 6. The molecule has 4 rings (SSSR count). The standard InChI is InChI=1S/C20H28N6O/c1-15-10-17(4-7-21-15)26-12-16-11-25(9-6-19(16)22-26)14-20(27)24(3)18-5-8-23(2)13-18/h4,7,10,12,18H,5-6,8-9,11,13-14H2,1-3H3. The van der Waals surface area contributed by atoms with Crippen LogP contribution in [0.15, 0.2) is 24.5 Å². The largest absolute Gasteiger partial charge is 0.340 e. The quantitative estimate of drug-likeness (QED) is 0.809. The Kier molecular flexibility index (Phi) is 4.97. The second kappa shape index (κ2) is 7.40. The molecular formula is C20H28N6O. The Bertz CT molecular complexity index is 832. The van der Waals surface area contributed by atoms with Crippen molar-refractivity contribution >= 4 is 5.91 Å². The molecule has 27 heavy (non-hydrogen) atoms. The van der Waals surface area contributed by atoms with Crippen LogP contribution in [0.25, 0.3) is 5.69 Å². The van der Waals surface area contributed by atoms with Gasteiger partial charge in [0.1, 0.15) is 0 Å². The van der Waals surface area contributed by atoms with Gasteiger partial charge in [-0.15, -0.1) is 0 Å². The molecule has 144 valence electrons. The third kappa shape index (κ3) is 3.89. The van der Waals surface area contributed by atoms with Crippen molar-refractivity contribution in [2.24, 2.45) is 0 Å². The van der Waals surface area contributed by atoms with Gasteiger partial charge in [0.15, 0.2) is 0 Å². The lowest BCUT2D eigenvalue weighted by Crippen LogP contribution is -2.45. The lowest BCUT2D eigenvalue weighted by molar-refractivity contribution is -0.133. The van der Waals surface area contributed by atoms with E-state index in [4.69, 9.17) is 5.10 Å². The summed E-state index contributed by atoms with van der Waals surface area (Å²) in [5.74, 6) is 0.218. The van der Waals surface area contributed by atoms with Crippen LogP contribution in [-0.2, 0) is 17.8 Å². The van der Waals surface area contributed by atoms with Gasteiger partial charge in [-0.1, -0.05) is 0 Å². The summed E-state index contributed by atoms with van der Waals surface area (Å²) in [6, 6.07) is 4.36. The maximum absolute atomic E-state index is 12.7. The van der Waals surface area contributed by atoms with Gasteiger partial charge in [0.25, 0.3) is 0 Å². The number of hydrogen-bond acceptors (Lipinski definition) is 5. The summed E-state index contributed by atoms with van der Waals surface area (Å²) in [5.41, 5.74) is 4.36. The molecule has 0 spiro atoms. The predicted molar refractivity (Wildman–Crippen MR) is 104 cm³/mol. The number of aromatic nitrogens is 3. The number of likely N-dealkylation sites (N-methyl/N-ethyl adjacent to an activating group) is 2. The van der Waals surface area contributed by atoms with Crippen LogP contribution in [-0.4, -0.2) is 81.7 Å². The molecule has 0 aromatic carbocycles. The smallest absolute Gasteiger partial charge is 0.236 e. The molecule has 0 saturated carbocycles. The van der Waals surface area contributed by atoms with Crippen LogP contribution in [0.5, 0.6) is 0 Å². The normalized spacial score (nSPS) is 20.6. The van der Waals surface area contributed by atoms with Gasteiger partial charge in [-0.25, -0.2) is 4.68 Å². The zero-order valence-electron chi connectivity index (χ0n) is 16.4. The third-order valence-electron chi connectivity index (χ3n) is 5.75.